The smallest absolute Gasteiger partial charge is 0.409 e. The van der Waals surface area contributed by atoms with Crippen LogP contribution in [0.25, 0.3) is 11.5 Å². The molecule has 0 aliphatic carbocycles. The minimum atomic E-state index is -0.230. The number of carbonyl (C=O) groups is 1. The number of nitrogens with one attached hydrogen (secondary N) is 2. The average Bonchev–Trinajstić information content (AvgIpc) is 3.22. The monoisotopic (exact) mass is 413 g/mol. The van der Waals surface area contributed by atoms with E-state index in [2.05, 4.69) is 27.5 Å². The Morgan fingerprint density at radius 2 is 2.00 bits per heavy atom. The highest BCUT2D eigenvalue weighted by Gasteiger charge is 2.24. The van der Waals surface area contributed by atoms with Gasteiger partial charge in [-0.05, 0) is 45.7 Å². The Hall–Kier alpha value is -3.03. The van der Waals surface area contributed by atoms with Crippen LogP contribution in [-0.2, 0) is 11.3 Å². The topological polar surface area (TPSA) is 92.0 Å². The molecule has 1 saturated heterocycles. The Kier molecular flexibility index (Phi) is 7.70. The van der Waals surface area contributed by atoms with Crippen LogP contribution in [0.2, 0.25) is 0 Å². The number of aryl methyl sites for hydroxylation is 1. The van der Waals surface area contributed by atoms with Crippen LogP contribution < -0.4 is 10.6 Å². The fourth-order valence-corrected chi connectivity index (χ4v) is 3.30. The molecule has 0 bridgehead atoms. The number of piperidine rings is 1. The highest BCUT2D eigenvalue weighted by atomic mass is 16.6. The summed E-state index contributed by atoms with van der Waals surface area (Å²) in [6.45, 7) is 8.86. The van der Waals surface area contributed by atoms with Gasteiger partial charge in [-0.3, -0.25) is 0 Å². The van der Waals surface area contributed by atoms with Crippen LogP contribution in [0.3, 0.4) is 0 Å². The molecule has 1 fully saturated rings. The Bertz CT molecular complexity index is 839. The molecule has 1 aromatic carbocycles. The number of amides is 1. The van der Waals surface area contributed by atoms with Gasteiger partial charge in [-0.1, -0.05) is 17.7 Å². The summed E-state index contributed by atoms with van der Waals surface area (Å²) in [5.74, 6) is 1.34. The first-order valence-corrected chi connectivity index (χ1v) is 10.6. The third kappa shape index (κ3) is 5.98. The highest BCUT2D eigenvalue weighted by Crippen LogP contribution is 2.19. The zero-order valence-electron chi connectivity index (χ0n) is 18.0. The molecule has 30 heavy (non-hydrogen) atoms. The van der Waals surface area contributed by atoms with Gasteiger partial charge >= 0.3 is 6.09 Å². The molecular formula is C22H31N5O3. The van der Waals surface area contributed by atoms with Crippen LogP contribution in [-0.4, -0.2) is 54.2 Å². The van der Waals surface area contributed by atoms with Crippen molar-refractivity contribution in [3.63, 3.8) is 0 Å². The summed E-state index contributed by atoms with van der Waals surface area (Å²) in [6, 6.07) is 8.34. The largest absolute Gasteiger partial charge is 0.450 e. The maximum atomic E-state index is 11.8. The average molecular weight is 414 g/mol. The standard InChI is InChI=1S/C22H31N5O3/c1-4-23-21(26-18-10-12-27(13-11-18)22(28)29-5-2)24-14-19-15-30-20(25-19)17-8-6-16(3)7-9-17/h6-9,15,18H,4-5,10-14H2,1-3H3,(H2,23,24,26). The minimum Gasteiger partial charge on any atom is -0.450 e. The molecule has 0 spiro atoms. The summed E-state index contributed by atoms with van der Waals surface area (Å²) in [7, 11) is 0. The third-order valence-corrected chi connectivity index (χ3v) is 4.96. The molecule has 8 nitrogen and oxygen atoms in total. The zero-order chi connectivity index (χ0) is 21.3. The fourth-order valence-electron chi connectivity index (χ4n) is 3.30. The summed E-state index contributed by atoms with van der Waals surface area (Å²) in [5, 5.41) is 6.74. The minimum absolute atomic E-state index is 0.230. The maximum Gasteiger partial charge on any atom is 0.409 e. The SMILES string of the molecule is CCNC(=NCc1coc(-c2ccc(C)cc2)n1)NC1CCN(C(=O)OCC)CC1. The second kappa shape index (κ2) is 10.7. The molecule has 0 saturated carbocycles. The molecular weight excluding hydrogens is 382 g/mol. The van der Waals surface area contributed by atoms with E-state index in [0.717, 1.165) is 36.6 Å². The van der Waals surface area contributed by atoms with Gasteiger partial charge in [0.1, 0.15) is 12.0 Å². The molecule has 1 aliphatic rings. The highest BCUT2D eigenvalue weighted by molar-refractivity contribution is 5.80. The predicted octanol–water partition coefficient (Wildman–Crippen LogP) is 3.33. The normalized spacial score (nSPS) is 15.2. The Labute approximate surface area is 177 Å². The summed E-state index contributed by atoms with van der Waals surface area (Å²) >= 11 is 0. The predicted molar refractivity (Wildman–Crippen MR) is 116 cm³/mol. The molecule has 0 radical (unpaired) electrons. The first-order chi connectivity index (χ1) is 14.6. The summed E-state index contributed by atoms with van der Waals surface area (Å²) in [6.07, 6.45) is 3.13. The van der Waals surface area contributed by atoms with Crippen molar-refractivity contribution in [1.82, 2.24) is 20.5 Å². The van der Waals surface area contributed by atoms with Gasteiger partial charge in [0.2, 0.25) is 5.89 Å². The molecule has 1 amide bonds. The molecule has 8 heteroatoms. The van der Waals surface area contributed by atoms with Crippen molar-refractivity contribution in [2.75, 3.05) is 26.2 Å². The number of hydrogen-bond acceptors (Lipinski definition) is 5. The molecule has 0 atom stereocenters. The van der Waals surface area contributed by atoms with E-state index in [4.69, 9.17) is 9.15 Å². The van der Waals surface area contributed by atoms with Crippen LogP contribution in [0, 0.1) is 6.92 Å². The maximum absolute atomic E-state index is 11.8. The molecule has 1 aliphatic heterocycles. The molecule has 1 aromatic heterocycles. The van der Waals surface area contributed by atoms with E-state index < -0.39 is 0 Å². The van der Waals surface area contributed by atoms with Crippen LogP contribution in [0.5, 0.6) is 0 Å². The quantitative estimate of drug-likeness (QED) is 0.558. The van der Waals surface area contributed by atoms with Crippen molar-refractivity contribution in [2.24, 2.45) is 4.99 Å². The van der Waals surface area contributed by atoms with Crippen molar-refractivity contribution in [3.8, 4) is 11.5 Å². The lowest BCUT2D eigenvalue weighted by Gasteiger charge is -2.32. The summed E-state index contributed by atoms with van der Waals surface area (Å²) < 4.78 is 10.7. The van der Waals surface area contributed by atoms with E-state index in [1.54, 1.807) is 11.2 Å². The van der Waals surface area contributed by atoms with E-state index >= 15 is 0 Å². The number of aromatic nitrogens is 1. The van der Waals surface area contributed by atoms with Crippen molar-refractivity contribution in [1.29, 1.82) is 0 Å². The van der Waals surface area contributed by atoms with E-state index in [1.165, 1.54) is 5.56 Å². The van der Waals surface area contributed by atoms with Crippen molar-refractivity contribution in [3.05, 3.63) is 41.8 Å². The van der Waals surface area contributed by atoms with Crippen LogP contribution in [0.4, 0.5) is 4.79 Å². The molecule has 0 unspecified atom stereocenters. The van der Waals surface area contributed by atoms with E-state index in [9.17, 15) is 4.79 Å². The molecule has 2 aromatic rings. The first kappa shape index (κ1) is 21.7. The number of aliphatic imine (C=N–C) groups is 1. The number of benzene rings is 1. The molecule has 162 valence electrons. The van der Waals surface area contributed by atoms with Gasteiger partial charge in [-0.2, -0.15) is 0 Å². The van der Waals surface area contributed by atoms with Crippen LogP contribution >= 0.6 is 0 Å². The van der Waals surface area contributed by atoms with Gasteiger partial charge in [0.15, 0.2) is 5.96 Å². The van der Waals surface area contributed by atoms with Gasteiger partial charge in [0.25, 0.3) is 0 Å². The number of ether oxygens (including phenoxy) is 1. The number of nitrogens with zero attached hydrogens (tertiary/aromatic N) is 3. The Morgan fingerprint density at radius 1 is 1.27 bits per heavy atom. The van der Waals surface area contributed by atoms with E-state index in [1.807, 2.05) is 38.1 Å². The number of rotatable bonds is 6. The van der Waals surface area contributed by atoms with Gasteiger partial charge in [0.05, 0.1) is 13.2 Å². The lowest BCUT2D eigenvalue weighted by Crippen LogP contribution is -2.49. The lowest BCUT2D eigenvalue weighted by molar-refractivity contribution is 0.0963. The number of hydrogen-bond donors (Lipinski definition) is 2. The second-order valence-corrected chi connectivity index (χ2v) is 7.31. The van der Waals surface area contributed by atoms with Crippen molar-refractivity contribution >= 4 is 12.1 Å². The first-order valence-electron chi connectivity index (χ1n) is 10.6. The molecule has 3 rings (SSSR count). The van der Waals surface area contributed by atoms with Gasteiger partial charge < -0.3 is 24.7 Å². The number of oxazole rings is 1. The second-order valence-electron chi connectivity index (χ2n) is 7.31. The zero-order valence-corrected chi connectivity index (χ0v) is 18.0. The Morgan fingerprint density at radius 3 is 2.67 bits per heavy atom. The van der Waals surface area contributed by atoms with Gasteiger partial charge in [-0.15, -0.1) is 0 Å². The van der Waals surface area contributed by atoms with Crippen molar-refractivity contribution < 1.29 is 13.9 Å². The van der Waals surface area contributed by atoms with Crippen LogP contribution in [0.15, 0.2) is 39.9 Å². The number of guanidine groups is 1. The Balaban J connectivity index is 1.55. The fraction of sp³-hybridized carbons (Fsp3) is 0.500. The summed E-state index contributed by atoms with van der Waals surface area (Å²) in [4.78, 5) is 22.8. The molecule has 2 heterocycles. The van der Waals surface area contributed by atoms with Crippen molar-refractivity contribution in [2.45, 2.75) is 46.2 Å². The van der Waals surface area contributed by atoms with Gasteiger partial charge in [0, 0.05) is 31.2 Å². The number of carbonyl (C=O) groups excluding carboxylic acids is 1. The van der Waals surface area contributed by atoms with E-state index in [0.29, 0.717) is 32.1 Å². The number of likely N-dealkylation sites (tertiary alicyclic amines) is 1. The summed E-state index contributed by atoms with van der Waals surface area (Å²) in [5.41, 5.74) is 2.93. The third-order valence-electron chi connectivity index (χ3n) is 4.96. The van der Waals surface area contributed by atoms with Crippen LogP contribution in [0.1, 0.15) is 37.9 Å². The van der Waals surface area contributed by atoms with Gasteiger partial charge in [-0.25, -0.2) is 14.8 Å². The lowest BCUT2D eigenvalue weighted by atomic mass is 10.1. The van der Waals surface area contributed by atoms with E-state index in [-0.39, 0.29) is 12.1 Å². The molecule has 2 N–H and O–H groups in total.